The van der Waals surface area contributed by atoms with Gasteiger partial charge in [0.2, 0.25) is 5.91 Å². The molecule has 6 heteroatoms. The van der Waals surface area contributed by atoms with E-state index in [1.54, 1.807) is 25.1 Å². The van der Waals surface area contributed by atoms with Crippen LogP contribution < -0.4 is 15.5 Å². The Morgan fingerprint density at radius 3 is 2.32 bits per heavy atom. The second-order valence-corrected chi connectivity index (χ2v) is 5.28. The van der Waals surface area contributed by atoms with Crippen LogP contribution in [0.5, 0.6) is 0 Å². The number of allylic oxidation sites excluding steroid dienone is 2. The monoisotopic (exact) mass is 301 g/mol. The molecule has 0 aliphatic heterocycles. The highest BCUT2D eigenvalue weighted by Crippen LogP contribution is 2.27. The van der Waals surface area contributed by atoms with Crippen LogP contribution in [0.1, 0.15) is 28.8 Å². The molecule has 0 heterocycles. The molecule has 2 rings (SSSR count). The fourth-order valence-corrected chi connectivity index (χ4v) is 2.47. The third-order valence-corrected chi connectivity index (χ3v) is 3.80. The summed E-state index contributed by atoms with van der Waals surface area (Å²) in [5, 5.41) is 24.6. The first kappa shape index (κ1) is 15.8. The number of carbonyl (C=O) groups is 3. The van der Waals surface area contributed by atoms with Crippen LogP contribution in [0, 0.1) is 18.8 Å². The van der Waals surface area contributed by atoms with Gasteiger partial charge in [-0.25, -0.2) is 0 Å². The molecule has 116 valence electrons. The first-order chi connectivity index (χ1) is 10.4. The van der Waals surface area contributed by atoms with E-state index in [0.717, 1.165) is 0 Å². The Balaban J connectivity index is 2.21. The van der Waals surface area contributed by atoms with Crippen molar-refractivity contribution in [3.63, 3.8) is 0 Å². The van der Waals surface area contributed by atoms with Gasteiger partial charge in [0.15, 0.2) is 0 Å². The zero-order valence-electron chi connectivity index (χ0n) is 12.0. The number of amides is 1. The number of aromatic carboxylic acids is 1. The summed E-state index contributed by atoms with van der Waals surface area (Å²) in [6, 6.07) is 4.24. The van der Waals surface area contributed by atoms with Crippen molar-refractivity contribution in [2.45, 2.75) is 19.8 Å². The summed E-state index contributed by atoms with van der Waals surface area (Å²) < 4.78 is 0. The topological polar surface area (TPSA) is 109 Å². The van der Waals surface area contributed by atoms with Crippen LogP contribution in [0.3, 0.4) is 0 Å². The highest BCUT2D eigenvalue weighted by Gasteiger charge is 2.30. The molecule has 0 bridgehead atoms. The number of hydrogen-bond acceptors (Lipinski definition) is 5. The van der Waals surface area contributed by atoms with E-state index in [2.05, 4.69) is 5.32 Å². The van der Waals surface area contributed by atoms with Crippen molar-refractivity contribution in [2.24, 2.45) is 11.8 Å². The van der Waals surface area contributed by atoms with Gasteiger partial charge in [-0.15, -0.1) is 0 Å². The van der Waals surface area contributed by atoms with Crippen molar-refractivity contribution in [2.75, 3.05) is 5.32 Å². The van der Waals surface area contributed by atoms with Crippen LogP contribution in [0.2, 0.25) is 0 Å². The molecule has 1 aromatic carbocycles. The number of carbonyl (C=O) groups excluding carboxylic acids is 3. The second-order valence-electron chi connectivity index (χ2n) is 5.28. The fraction of sp³-hybridized carbons (Fsp3) is 0.312. The van der Waals surface area contributed by atoms with Gasteiger partial charge in [-0.1, -0.05) is 24.3 Å². The lowest BCUT2D eigenvalue weighted by Gasteiger charge is -2.28. The molecular weight excluding hydrogens is 286 g/mol. The molecule has 1 aromatic rings. The maximum atomic E-state index is 12.3. The molecule has 0 aromatic heterocycles. The van der Waals surface area contributed by atoms with Crippen LogP contribution in [-0.4, -0.2) is 17.8 Å². The molecule has 22 heavy (non-hydrogen) atoms. The first-order valence-electron chi connectivity index (χ1n) is 6.89. The lowest BCUT2D eigenvalue weighted by molar-refractivity contribution is -0.313. The molecular formula is C16H15NO5-2. The van der Waals surface area contributed by atoms with E-state index >= 15 is 0 Å². The molecule has 0 unspecified atom stereocenters. The molecule has 2 atom stereocenters. The molecule has 0 saturated carbocycles. The number of nitrogens with one attached hydrogen (secondary N) is 1. The van der Waals surface area contributed by atoms with Crippen LogP contribution in [0.15, 0.2) is 30.4 Å². The van der Waals surface area contributed by atoms with E-state index < -0.39 is 29.7 Å². The minimum Gasteiger partial charge on any atom is -0.550 e. The maximum Gasteiger partial charge on any atom is 0.228 e. The predicted molar refractivity (Wildman–Crippen MR) is 74.5 cm³/mol. The van der Waals surface area contributed by atoms with Crippen LogP contribution in [0.4, 0.5) is 5.69 Å². The Morgan fingerprint density at radius 2 is 1.73 bits per heavy atom. The van der Waals surface area contributed by atoms with Crippen molar-refractivity contribution in [3.8, 4) is 0 Å². The Kier molecular flexibility index (Phi) is 4.60. The fourth-order valence-electron chi connectivity index (χ4n) is 2.47. The number of hydrogen-bond donors (Lipinski definition) is 1. The number of carboxylic acids is 2. The molecule has 6 nitrogen and oxygen atoms in total. The van der Waals surface area contributed by atoms with Crippen molar-refractivity contribution >= 4 is 23.5 Å². The van der Waals surface area contributed by atoms with E-state index in [0.29, 0.717) is 17.7 Å². The molecule has 0 saturated heterocycles. The number of benzene rings is 1. The van der Waals surface area contributed by atoms with Crippen LogP contribution >= 0.6 is 0 Å². The number of aryl methyl sites for hydroxylation is 1. The summed E-state index contributed by atoms with van der Waals surface area (Å²) in [7, 11) is 0. The summed E-state index contributed by atoms with van der Waals surface area (Å²) in [6.07, 6.45) is 4.03. The Hall–Kier alpha value is -2.63. The number of carboxylic acid groups (broad SMARTS) is 2. The predicted octanol–water partition coefficient (Wildman–Crippen LogP) is -0.371. The SMILES string of the molecule is Cc1ccc(C(=O)[O-])cc1NC(=O)[C@H]1CC=CC[C@@H]1C(=O)[O-]. The summed E-state index contributed by atoms with van der Waals surface area (Å²) >= 11 is 0. The van der Waals surface area contributed by atoms with E-state index in [1.807, 2.05) is 0 Å². The Labute approximate surface area is 127 Å². The molecule has 1 aliphatic carbocycles. The summed E-state index contributed by atoms with van der Waals surface area (Å²) in [4.78, 5) is 34.3. The first-order valence-corrected chi connectivity index (χ1v) is 6.89. The summed E-state index contributed by atoms with van der Waals surface area (Å²) in [5.74, 6) is -4.68. The van der Waals surface area contributed by atoms with Crippen molar-refractivity contribution < 1.29 is 24.6 Å². The molecule has 0 fully saturated rings. The highest BCUT2D eigenvalue weighted by molar-refractivity contribution is 5.97. The minimum atomic E-state index is -1.34. The van der Waals surface area contributed by atoms with Gasteiger partial charge in [-0.05, 0) is 37.0 Å². The molecule has 0 spiro atoms. The number of anilines is 1. The van der Waals surface area contributed by atoms with Gasteiger partial charge in [-0.3, -0.25) is 4.79 Å². The standard InChI is InChI=1S/C16H17NO5/c1-9-6-7-10(15(19)20)8-13(9)17-14(18)11-4-2-3-5-12(11)16(21)22/h2-3,6-8,11-12H,4-5H2,1H3,(H,17,18)(H,19,20)(H,21,22)/p-2/t11-,12-/m0/s1. The van der Waals surface area contributed by atoms with Crippen LogP contribution in [-0.2, 0) is 9.59 Å². The normalized spacial score (nSPS) is 20.4. The van der Waals surface area contributed by atoms with Gasteiger partial charge >= 0.3 is 0 Å². The summed E-state index contributed by atoms with van der Waals surface area (Å²) in [5.41, 5.74) is 0.953. The van der Waals surface area contributed by atoms with E-state index in [1.165, 1.54) is 12.1 Å². The average Bonchev–Trinajstić information content (AvgIpc) is 2.49. The van der Waals surface area contributed by atoms with Crippen molar-refractivity contribution in [1.82, 2.24) is 0 Å². The Morgan fingerprint density at radius 1 is 1.09 bits per heavy atom. The number of aliphatic carboxylic acids is 1. The van der Waals surface area contributed by atoms with Gasteiger partial charge < -0.3 is 25.1 Å². The largest absolute Gasteiger partial charge is 0.550 e. The smallest absolute Gasteiger partial charge is 0.228 e. The molecule has 0 radical (unpaired) electrons. The van der Waals surface area contributed by atoms with Gasteiger partial charge in [0.05, 0.1) is 11.9 Å². The van der Waals surface area contributed by atoms with E-state index in [4.69, 9.17) is 0 Å². The van der Waals surface area contributed by atoms with Gasteiger partial charge in [0.25, 0.3) is 0 Å². The Bertz CT molecular complexity index is 650. The zero-order valence-corrected chi connectivity index (χ0v) is 12.0. The minimum absolute atomic E-state index is 0.0547. The van der Waals surface area contributed by atoms with Gasteiger partial charge in [0, 0.05) is 17.6 Å². The third-order valence-electron chi connectivity index (χ3n) is 3.80. The lowest BCUT2D eigenvalue weighted by atomic mass is 9.82. The van der Waals surface area contributed by atoms with Crippen molar-refractivity contribution in [3.05, 3.63) is 41.5 Å². The van der Waals surface area contributed by atoms with Crippen molar-refractivity contribution in [1.29, 1.82) is 0 Å². The maximum absolute atomic E-state index is 12.3. The molecule has 1 amide bonds. The van der Waals surface area contributed by atoms with Gasteiger partial charge in [-0.2, -0.15) is 0 Å². The van der Waals surface area contributed by atoms with Gasteiger partial charge in [0.1, 0.15) is 0 Å². The third kappa shape index (κ3) is 3.33. The number of rotatable bonds is 4. The molecule has 1 N–H and O–H groups in total. The zero-order chi connectivity index (χ0) is 16.3. The highest BCUT2D eigenvalue weighted by atomic mass is 16.4. The van der Waals surface area contributed by atoms with E-state index in [9.17, 15) is 24.6 Å². The average molecular weight is 301 g/mol. The van der Waals surface area contributed by atoms with E-state index in [-0.39, 0.29) is 12.0 Å². The van der Waals surface area contributed by atoms with Crippen LogP contribution in [0.25, 0.3) is 0 Å². The lowest BCUT2D eigenvalue weighted by Crippen LogP contribution is -2.41. The second kappa shape index (κ2) is 6.43. The quantitative estimate of drug-likeness (QED) is 0.763. The molecule has 1 aliphatic rings. The summed E-state index contributed by atoms with van der Waals surface area (Å²) in [6.45, 7) is 1.71.